The lowest BCUT2D eigenvalue weighted by molar-refractivity contribution is -0.156. The first-order valence-corrected chi connectivity index (χ1v) is 5.32. The molecule has 1 saturated carbocycles. The molecule has 0 spiro atoms. The molecule has 2 unspecified atom stereocenters. The lowest BCUT2D eigenvalue weighted by Gasteiger charge is -2.21. The van der Waals surface area contributed by atoms with Gasteiger partial charge in [0, 0.05) is 12.6 Å². The third-order valence-corrected chi connectivity index (χ3v) is 2.53. The Morgan fingerprint density at radius 2 is 2.06 bits per heavy atom. The molecule has 0 saturated heterocycles. The van der Waals surface area contributed by atoms with Gasteiger partial charge in [0.15, 0.2) is 5.60 Å². The number of rotatable bonds is 6. The molecule has 6 nitrogen and oxygen atoms in total. The lowest BCUT2D eigenvalue weighted by atomic mass is 10.1. The van der Waals surface area contributed by atoms with Crippen molar-refractivity contribution in [2.75, 3.05) is 6.54 Å². The Morgan fingerprint density at radius 3 is 2.50 bits per heavy atom. The molecule has 0 heterocycles. The van der Waals surface area contributed by atoms with Gasteiger partial charge >= 0.3 is 5.97 Å². The molecule has 0 bridgehead atoms. The monoisotopic (exact) mass is 230 g/mol. The van der Waals surface area contributed by atoms with E-state index in [0.717, 1.165) is 12.8 Å². The van der Waals surface area contributed by atoms with Crippen LogP contribution in [0, 0.1) is 0 Å². The summed E-state index contributed by atoms with van der Waals surface area (Å²) in [6.45, 7) is 2.66. The molecule has 0 aromatic rings. The molecule has 4 N–H and O–H groups in total. The average Bonchev–Trinajstić information content (AvgIpc) is 2.97. The van der Waals surface area contributed by atoms with Crippen molar-refractivity contribution in [1.82, 2.24) is 10.6 Å². The number of hydrogen-bond acceptors (Lipinski definition) is 4. The summed E-state index contributed by atoms with van der Waals surface area (Å²) in [5, 5.41) is 23.6. The third-order valence-electron chi connectivity index (χ3n) is 2.53. The van der Waals surface area contributed by atoms with Gasteiger partial charge in [-0.25, -0.2) is 4.79 Å². The van der Waals surface area contributed by atoms with E-state index in [1.54, 1.807) is 6.92 Å². The minimum absolute atomic E-state index is 0.163. The number of aliphatic carboxylic acids is 1. The Bertz CT molecular complexity index is 287. The number of carboxylic acids is 1. The fourth-order valence-corrected chi connectivity index (χ4v) is 1.07. The maximum atomic E-state index is 11.5. The Balaban J connectivity index is 2.30. The van der Waals surface area contributed by atoms with E-state index in [0.29, 0.717) is 0 Å². The Hall–Kier alpha value is -1.14. The van der Waals surface area contributed by atoms with Crippen LogP contribution in [-0.2, 0) is 9.59 Å². The molecule has 92 valence electrons. The largest absolute Gasteiger partial charge is 0.479 e. The number of carbonyl (C=O) groups is 2. The molecular formula is C10H18N2O4. The standard InChI is InChI=1S/C10H18N2O4/c1-6(8(13)12-7-3-4-7)11-5-10(2,16)9(14)15/h6-7,11,16H,3-5H2,1-2H3,(H,12,13)(H,14,15). The zero-order valence-corrected chi connectivity index (χ0v) is 9.49. The van der Waals surface area contributed by atoms with Crippen LogP contribution in [0.3, 0.4) is 0 Å². The fraction of sp³-hybridized carbons (Fsp3) is 0.800. The van der Waals surface area contributed by atoms with Crippen LogP contribution >= 0.6 is 0 Å². The molecule has 0 aromatic heterocycles. The van der Waals surface area contributed by atoms with Crippen molar-refractivity contribution in [1.29, 1.82) is 0 Å². The molecule has 1 aliphatic rings. The van der Waals surface area contributed by atoms with Crippen LogP contribution in [0.15, 0.2) is 0 Å². The Morgan fingerprint density at radius 1 is 1.50 bits per heavy atom. The number of hydrogen-bond donors (Lipinski definition) is 4. The van der Waals surface area contributed by atoms with E-state index in [1.165, 1.54) is 6.92 Å². The second kappa shape index (κ2) is 4.80. The molecule has 1 amide bonds. The molecule has 6 heteroatoms. The van der Waals surface area contributed by atoms with Gasteiger partial charge in [0.1, 0.15) is 0 Å². The summed E-state index contributed by atoms with van der Waals surface area (Å²) in [6.07, 6.45) is 2.01. The van der Waals surface area contributed by atoms with E-state index in [1.807, 2.05) is 0 Å². The van der Waals surface area contributed by atoms with Crippen molar-refractivity contribution in [3.05, 3.63) is 0 Å². The van der Waals surface area contributed by atoms with Crippen molar-refractivity contribution in [2.24, 2.45) is 0 Å². The van der Waals surface area contributed by atoms with Gasteiger partial charge in [-0.1, -0.05) is 0 Å². The molecule has 1 fully saturated rings. The van der Waals surface area contributed by atoms with E-state index in [2.05, 4.69) is 10.6 Å². The summed E-state index contributed by atoms with van der Waals surface area (Å²) in [4.78, 5) is 22.1. The van der Waals surface area contributed by atoms with E-state index in [4.69, 9.17) is 5.11 Å². The quantitative estimate of drug-likeness (QED) is 0.473. The number of amides is 1. The number of aliphatic hydroxyl groups is 1. The SMILES string of the molecule is CC(NCC(C)(O)C(=O)O)C(=O)NC1CC1. The molecular weight excluding hydrogens is 212 g/mol. The van der Waals surface area contributed by atoms with Crippen molar-refractivity contribution in [3.8, 4) is 0 Å². The topological polar surface area (TPSA) is 98.7 Å². The molecule has 0 radical (unpaired) electrons. The van der Waals surface area contributed by atoms with E-state index >= 15 is 0 Å². The van der Waals surface area contributed by atoms with Crippen molar-refractivity contribution >= 4 is 11.9 Å². The second-order valence-electron chi connectivity index (χ2n) is 4.46. The predicted octanol–water partition coefficient (Wildman–Crippen LogP) is -0.921. The number of nitrogens with one attached hydrogen (secondary N) is 2. The average molecular weight is 230 g/mol. The molecule has 0 aromatic carbocycles. The molecule has 1 aliphatic carbocycles. The van der Waals surface area contributed by atoms with Gasteiger partial charge in [-0.05, 0) is 26.7 Å². The van der Waals surface area contributed by atoms with Crippen LogP contribution in [0.2, 0.25) is 0 Å². The first-order chi connectivity index (χ1) is 7.33. The third kappa shape index (κ3) is 3.79. The van der Waals surface area contributed by atoms with Crippen LogP contribution in [-0.4, -0.2) is 46.3 Å². The van der Waals surface area contributed by atoms with Crippen LogP contribution in [0.1, 0.15) is 26.7 Å². The van der Waals surface area contributed by atoms with Crippen molar-refractivity contribution < 1.29 is 19.8 Å². The zero-order chi connectivity index (χ0) is 12.3. The van der Waals surface area contributed by atoms with Gasteiger partial charge in [-0.2, -0.15) is 0 Å². The van der Waals surface area contributed by atoms with Gasteiger partial charge in [-0.3, -0.25) is 4.79 Å². The minimum Gasteiger partial charge on any atom is -0.479 e. The van der Waals surface area contributed by atoms with E-state index < -0.39 is 17.6 Å². The Kier molecular flexibility index (Phi) is 3.88. The zero-order valence-electron chi connectivity index (χ0n) is 9.49. The molecule has 2 atom stereocenters. The van der Waals surface area contributed by atoms with Crippen LogP contribution < -0.4 is 10.6 Å². The summed E-state index contributed by atoms with van der Waals surface area (Å²) in [5.74, 6) is -1.47. The summed E-state index contributed by atoms with van der Waals surface area (Å²) < 4.78 is 0. The Labute approximate surface area is 94.0 Å². The highest BCUT2D eigenvalue weighted by molar-refractivity contribution is 5.82. The van der Waals surface area contributed by atoms with Gasteiger partial charge in [0.2, 0.25) is 5.91 Å². The lowest BCUT2D eigenvalue weighted by Crippen LogP contribution is -2.51. The first kappa shape index (κ1) is 12.9. The molecule has 1 rings (SSSR count). The number of carboxylic acid groups (broad SMARTS) is 1. The van der Waals surface area contributed by atoms with Crippen molar-refractivity contribution in [3.63, 3.8) is 0 Å². The van der Waals surface area contributed by atoms with E-state index in [-0.39, 0.29) is 18.5 Å². The second-order valence-corrected chi connectivity index (χ2v) is 4.46. The highest BCUT2D eigenvalue weighted by Gasteiger charge is 2.31. The van der Waals surface area contributed by atoms with Crippen LogP contribution in [0.25, 0.3) is 0 Å². The van der Waals surface area contributed by atoms with E-state index in [9.17, 15) is 14.7 Å². The molecule has 0 aliphatic heterocycles. The predicted molar refractivity (Wildman–Crippen MR) is 56.9 cm³/mol. The molecule has 16 heavy (non-hydrogen) atoms. The van der Waals surface area contributed by atoms with Gasteiger partial charge in [-0.15, -0.1) is 0 Å². The van der Waals surface area contributed by atoms with Gasteiger partial charge in [0.25, 0.3) is 0 Å². The van der Waals surface area contributed by atoms with Gasteiger partial charge < -0.3 is 20.8 Å². The van der Waals surface area contributed by atoms with Gasteiger partial charge in [0.05, 0.1) is 6.04 Å². The maximum absolute atomic E-state index is 11.5. The maximum Gasteiger partial charge on any atom is 0.336 e. The fourth-order valence-electron chi connectivity index (χ4n) is 1.07. The highest BCUT2D eigenvalue weighted by atomic mass is 16.4. The smallest absolute Gasteiger partial charge is 0.336 e. The normalized spacial score (nSPS) is 20.9. The number of carbonyl (C=O) groups excluding carboxylic acids is 1. The highest BCUT2D eigenvalue weighted by Crippen LogP contribution is 2.18. The summed E-state index contributed by atoms with van der Waals surface area (Å²) >= 11 is 0. The summed E-state index contributed by atoms with van der Waals surface area (Å²) in [7, 11) is 0. The van der Waals surface area contributed by atoms with Crippen molar-refractivity contribution in [2.45, 2.75) is 44.4 Å². The first-order valence-electron chi connectivity index (χ1n) is 5.32. The summed E-state index contributed by atoms with van der Waals surface area (Å²) in [6, 6.07) is -0.233. The minimum atomic E-state index is -1.85. The summed E-state index contributed by atoms with van der Waals surface area (Å²) in [5.41, 5.74) is -1.85. The van der Waals surface area contributed by atoms with Crippen LogP contribution in [0.5, 0.6) is 0 Å². The van der Waals surface area contributed by atoms with Crippen LogP contribution in [0.4, 0.5) is 0 Å².